The van der Waals surface area contributed by atoms with E-state index in [1.807, 2.05) is 36.4 Å². The molecule has 0 bridgehead atoms. The first-order valence-electron chi connectivity index (χ1n) is 9.13. The molecule has 0 radical (unpaired) electrons. The highest BCUT2D eigenvalue weighted by Crippen LogP contribution is 2.35. The van der Waals surface area contributed by atoms with Gasteiger partial charge in [-0.1, -0.05) is 65.7 Å². The highest BCUT2D eigenvalue weighted by molar-refractivity contribution is 7.98. The van der Waals surface area contributed by atoms with Crippen LogP contribution < -0.4 is 4.74 Å². The van der Waals surface area contributed by atoms with Crippen molar-refractivity contribution in [2.75, 3.05) is 6.61 Å². The van der Waals surface area contributed by atoms with Gasteiger partial charge in [-0.15, -0.1) is 11.8 Å². The van der Waals surface area contributed by atoms with Crippen molar-refractivity contribution in [2.24, 2.45) is 0 Å². The monoisotopic (exact) mass is 459 g/mol. The molecule has 0 spiro atoms. The van der Waals surface area contributed by atoms with E-state index in [1.165, 1.54) is 11.8 Å². The lowest BCUT2D eigenvalue weighted by molar-refractivity contribution is -0.134. The second-order valence-corrected chi connectivity index (χ2v) is 8.00. The van der Waals surface area contributed by atoms with E-state index in [0.29, 0.717) is 28.8 Å². The average molecular weight is 460 g/mol. The van der Waals surface area contributed by atoms with E-state index in [9.17, 15) is 4.79 Å². The Morgan fingerprint density at radius 3 is 2.40 bits per heavy atom. The Hall–Kier alpha value is -2.47. The Kier molecular flexibility index (Phi) is 8.20. The third-order valence-corrected chi connectivity index (χ3v) is 6.02. The van der Waals surface area contributed by atoms with E-state index < -0.39 is 5.97 Å². The molecule has 2 aromatic carbocycles. The van der Waals surface area contributed by atoms with Crippen LogP contribution in [0.15, 0.2) is 84.0 Å². The fourth-order valence-corrected chi connectivity index (χ4v) is 4.10. The minimum absolute atomic E-state index is 0.0599. The molecule has 3 rings (SSSR count). The van der Waals surface area contributed by atoms with Crippen molar-refractivity contribution < 1.29 is 14.3 Å². The Labute approximate surface area is 189 Å². The number of carbonyl (C=O) groups excluding carboxylic acids is 1. The Morgan fingerprint density at radius 1 is 0.967 bits per heavy atom. The summed E-state index contributed by atoms with van der Waals surface area (Å²) >= 11 is 13.8. The van der Waals surface area contributed by atoms with Crippen LogP contribution in [-0.4, -0.2) is 17.6 Å². The standard InChI is InChI=1S/C23H19Cl2NO3S/c1-16(28-14-13-17-7-3-2-4-8-17)23(27)29-21-12-5-9-18(26-21)15-30-22-19(24)10-6-11-20(22)25/h2-12H,1,13-15H2. The smallest absolute Gasteiger partial charge is 0.379 e. The third-order valence-electron chi connectivity index (χ3n) is 4.00. The fraction of sp³-hybridized carbons (Fsp3) is 0.130. The number of rotatable bonds is 9. The van der Waals surface area contributed by atoms with Gasteiger partial charge in [-0.05, 0) is 30.3 Å². The number of thioether (sulfide) groups is 1. The molecule has 0 aliphatic carbocycles. The summed E-state index contributed by atoms with van der Waals surface area (Å²) < 4.78 is 10.7. The highest BCUT2D eigenvalue weighted by atomic mass is 35.5. The van der Waals surface area contributed by atoms with Gasteiger partial charge in [-0.3, -0.25) is 0 Å². The molecule has 0 saturated carbocycles. The van der Waals surface area contributed by atoms with E-state index >= 15 is 0 Å². The molecule has 0 aliphatic heterocycles. The molecular formula is C23H19Cl2NO3S. The number of nitrogens with zero attached hydrogens (tertiary/aromatic N) is 1. The number of hydrogen-bond acceptors (Lipinski definition) is 5. The van der Waals surface area contributed by atoms with Crippen LogP contribution in [0.2, 0.25) is 10.0 Å². The third kappa shape index (κ3) is 6.52. The van der Waals surface area contributed by atoms with Gasteiger partial charge in [0.2, 0.25) is 5.88 Å². The number of esters is 1. The molecule has 0 unspecified atom stereocenters. The summed E-state index contributed by atoms with van der Waals surface area (Å²) in [5.41, 5.74) is 1.83. The predicted molar refractivity (Wildman–Crippen MR) is 121 cm³/mol. The van der Waals surface area contributed by atoms with Crippen molar-refractivity contribution in [1.82, 2.24) is 4.98 Å². The van der Waals surface area contributed by atoms with Crippen molar-refractivity contribution in [3.05, 3.63) is 100 Å². The largest absolute Gasteiger partial charge is 0.487 e. The van der Waals surface area contributed by atoms with Gasteiger partial charge in [0.1, 0.15) is 0 Å². The zero-order valence-electron chi connectivity index (χ0n) is 16.0. The lowest BCUT2D eigenvalue weighted by atomic mass is 10.2. The van der Waals surface area contributed by atoms with Crippen LogP contribution in [0.25, 0.3) is 0 Å². The molecular weight excluding hydrogens is 441 g/mol. The van der Waals surface area contributed by atoms with E-state index in [1.54, 1.807) is 30.3 Å². The molecule has 1 heterocycles. The number of carbonyl (C=O) groups is 1. The van der Waals surface area contributed by atoms with Crippen LogP contribution in [0.3, 0.4) is 0 Å². The molecule has 30 heavy (non-hydrogen) atoms. The Balaban J connectivity index is 1.51. The number of pyridine rings is 1. The quantitative estimate of drug-likeness (QED) is 0.161. The second-order valence-electron chi connectivity index (χ2n) is 6.20. The summed E-state index contributed by atoms with van der Waals surface area (Å²) in [6, 6.07) is 20.4. The maximum absolute atomic E-state index is 12.2. The summed E-state index contributed by atoms with van der Waals surface area (Å²) in [6.45, 7) is 3.98. The highest BCUT2D eigenvalue weighted by Gasteiger charge is 2.13. The maximum Gasteiger partial charge on any atom is 0.379 e. The van der Waals surface area contributed by atoms with Gasteiger partial charge >= 0.3 is 5.97 Å². The molecule has 0 aliphatic rings. The zero-order valence-corrected chi connectivity index (χ0v) is 18.3. The van der Waals surface area contributed by atoms with E-state index in [2.05, 4.69) is 11.6 Å². The summed E-state index contributed by atoms with van der Waals surface area (Å²) in [7, 11) is 0. The van der Waals surface area contributed by atoms with Gasteiger partial charge in [-0.2, -0.15) is 0 Å². The van der Waals surface area contributed by atoms with Crippen molar-refractivity contribution in [3.8, 4) is 5.88 Å². The van der Waals surface area contributed by atoms with Gasteiger partial charge in [-0.25, -0.2) is 9.78 Å². The lowest BCUT2D eigenvalue weighted by Crippen LogP contribution is -2.15. The normalized spacial score (nSPS) is 10.5. The van der Waals surface area contributed by atoms with Crippen LogP contribution in [0.5, 0.6) is 5.88 Å². The minimum atomic E-state index is -0.672. The van der Waals surface area contributed by atoms with Crippen molar-refractivity contribution in [2.45, 2.75) is 17.1 Å². The minimum Gasteiger partial charge on any atom is -0.487 e. The molecule has 0 amide bonds. The Bertz CT molecular complexity index is 1010. The molecule has 0 fully saturated rings. The van der Waals surface area contributed by atoms with Crippen LogP contribution in [0.4, 0.5) is 0 Å². The van der Waals surface area contributed by atoms with Crippen molar-refractivity contribution >= 4 is 40.9 Å². The van der Waals surface area contributed by atoms with Crippen molar-refractivity contribution in [3.63, 3.8) is 0 Å². The van der Waals surface area contributed by atoms with E-state index in [4.69, 9.17) is 32.7 Å². The fourth-order valence-electron chi connectivity index (χ4n) is 2.51. The Morgan fingerprint density at radius 2 is 1.67 bits per heavy atom. The first-order chi connectivity index (χ1) is 14.5. The van der Waals surface area contributed by atoms with Gasteiger partial charge in [0.05, 0.1) is 22.3 Å². The van der Waals surface area contributed by atoms with E-state index in [0.717, 1.165) is 16.2 Å². The molecule has 0 saturated heterocycles. The molecule has 0 atom stereocenters. The van der Waals surface area contributed by atoms with Gasteiger partial charge < -0.3 is 9.47 Å². The van der Waals surface area contributed by atoms with E-state index in [-0.39, 0.29) is 11.6 Å². The van der Waals surface area contributed by atoms with Crippen LogP contribution in [0, 0.1) is 0 Å². The molecule has 7 heteroatoms. The summed E-state index contributed by atoms with van der Waals surface area (Å²) in [5, 5.41) is 1.16. The maximum atomic E-state index is 12.2. The van der Waals surface area contributed by atoms with Crippen LogP contribution >= 0.6 is 35.0 Å². The van der Waals surface area contributed by atoms with Gasteiger partial charge in [0, 0.05) is 23.1 Å². The number of hydrogen-bond donors (Lipinski definition) is 0. The summed E-state index contributed by atoms with van der Waals surface area (Å²) in [6.07, 6.45) is 0.669. The van der Waals surface area contributed by atoms with Gasteiger partial charge in [0.15, 0.2) is 5.76 Å². The molecule has 4 nitrogen and oxygen atoms in total. The van der Waals surface area contributed by atoms with Gasteiger partial charge in [0.25, 0.3) is 0 Å². The molecule has 154 valence electrons. The lowest BCUT2D eigenvalue weighted by Gasteiger charge is -2.10. The number of halogens is 2. The zero-order chi connectivity index (χ0) is 21.3. The molecule has 0 N–H and O–H groups in total. The second kappa shape index (κ2) is 11.1. The first kappa shape index (κ1) is 22.2. The number of benzene rings is 2. The first-order valence-corrected chi connectivity index (χ1v) is 10.9. The SMILES string of the molecule is C=C(OCCc1ccccc1)C(=O)Oc1cccc(CSc2c(Cl)cccc2Cl)n1. The summed E-state index contributed by atoms with van der Waals surface area (Å²) in [4.78, 5) is 17.3. The topological polar surface area (TPSA) is 48.4 Å². The summed E-state index contributed by atoms with van der Waals surface area (Å²) in [5.74, 6) is -0.0374. The van der Waals surface area contributed by atoms with Crippen LogP contribution in [0.1, 0.15) is 11.3 Å². The van der Waals surface area contributed by atoms with Crippen molar-refractivity contribution in [1.29, 1.82) is 0 Å². The number of ether oxygens (including phenoxy) is 2. The van der Waals surface area contributed by atoms with Crippen LogP contribution in [-0.2, 0) is 21.7 Å². The predicted octanol–water partition coefficient (Wildman–Crippen LogP) is 6.36. The average Bonchev–Trinajstić information content (AvgIpc) is 2.74. The molecule has 1 aromatic heterocycles. The number of aromatic nitrogens is 1. The molecule has 3 aromatic rings.